The van der Waals surface area contributed by atoms with Gasteiger partial charge in [0.1, 0.15) is 5.82 Å². The van der Waals surface area contributed by atoms with E-state index in [2.05, 4.69) is 4.98 Å². The average Bonchev–Trinajstić information content (AvgIpc) is 2.23. The van der Waals surface area contributed by atoms with Crippen molar-refractivity contribution in [3.8, 4) is 0 Å². The zero-order chi connectivity index (χ0) is 9.80. The van der Waals surface area contributed by atoms with Crippen molar-refractivity contribution in [2.75, 3.05) is 18.9 Å². The highest BCUT2D eigenvalue weighted by atomic mass is 32.2. The highest BCUT2D eigenvalue weighted by molar-refractivity contribution is 8.00. The summed E-state index contributed by atoms with van der Waals surface area (Å²) in [5.41, 5.74) is 5.52. The Balaban J connectivity index is 1.92. The third-order valence-electron chi connectivity index (χ3n) is 2.23. The molecule has 0 atom stereocenters. The highest BCUT2D eigenvalue weighted by Crippen LogP contribution is 2.29. The molecule has 0 amide bonds. The molecule has 0 unspecified atom stereocenters. The molecule has 1 aromatic rings. The van der Waals surface area contributed by atoms with E-state index < -0.39 is 0 Å². The number of nitrogens with two attached hydrogens (primary N) is 1. The Labute approximate surface area is 88.0 Å². The Morgan fingerprint density at radius 3 is 2.79 bits per heavy atom. The summed E-state index contributed by atoms with van der Waals surface area (Å²) in [6, 6.07) is 3.88. The quantitative estimate of drug-likeness (QED) is 0.810. The monoisotopic (exact) mass is 210 g/mol. The normalized spacial score (nSPS) is 18.3. The maximum Gasteiger partial charge on any atom is 0.123 e. The maximum absolute atomic E-state index is 5.52. The number of aromatic nitrogens is 1. The second-order valence-electron chi connectivity index (χ2n) is 3.35. The van der Waals surface area contributed by atoms with Gasteiger partial charge < -0.3 is 10.5 Å². The Kier molecular flexibility index (Phi) is 3.26. The molecule has 3 nitrogen and oxygen atoms in total. The minimum atomic E-state index is 0.585. The molecule has 2 N–H and O–H groups in total. The van der Waals surface area contributed by atoms with Crippen LogP contribution < -0.4 is 5.73 Å². The summed E-state index contributed by atoms with van der Waals surface area (Å²) < 4.78 is 5.31. The van der Waals surface area contributed by atoms with E-state index in [0.29, 0.717) is 11.1 Å². The van der Waals surface area contributed by atoms with Gasteiger partial charge in [0, 0.05) is 29.6 Å². The first kappa shape index (κ1) is 9.80. The van der Waals surface area contributed by atoms with Gasteiger partial charge in [-0.25, -0.2) is 4.98 Å². The number of ether oxygens (including phenoxy) is 1. The van der Waals surface area contributed by atoms with E-state index in [-0.39, 0.29) is 0 Å². The van der Waals surface area contributed by atoms with Gasteiger partial charge in [-0.05, 0) is 25.0 Å². The van der Waals surface area contributed by atoms with E-state index >= 15 is 0 Å². The lowest BCUT2D eigenvalue weighted by Crippen LogP contribution is -2.17. The van der Waals surface area contributed by atoms with Crippen LogP contribution in [0.1, 0.15) is 12.8 Å². The summed E-state index contributed by atoms with van der Waals surface area (Å²) in [6.45, 7) is 1.78. The molecule has 76 valence electrons. The first-order chi connectivity index (χ1) is 6.84. The van der Waals surface area contributed by atoms with Gasteiger partial charge >= 0.3 is 0 Å². The number of thioether (sulfide) groups is 1. The van der Waals surface area contributed by atoms with Crippen molar-refractivity contribution in [1.82, 2.24) is 4.98 Å². The van der Waals surface area contributed by atoms with Crippen molar-refractivity contribution < 1.29 is 4.74 Å². The van der Waals surface area contributed by atoms with Crippen molar-refractivity contribution in [3.63, 3.8) is 0 Å². The summed E-state index contributed by atoms with van der Waals surface area (Å²) in [6.07, 6.45) is 4.11. The Hall–Kier alpha value is -0.740. The number of hydrogen-bond donors (Lipinski definition) is 1. The van der Waals surface area contributed by atoms with Crippen LogP contribution in [0.25, 0.3) is 0 Å². The zero-order valence-corrected chi connectivity index (χ0v) is 8.80. The van der Waals surface area contributed by atoms with Gasteiger partial charge in [0.05, 0.1) is 0 Å². The molecule has 14 heavy (non-hydrogen) atoms. The third kappa shape index (κ3) is 2.62. The molecule has 1 aromatic heterocycles. The summed E-state index contributed by atoms with van der Waals surface area (Å²) in [5.74, 6) is 0.585. The fourth-order valence-electron chi connectivity index (χ4n) is 1.45. The predicted octanol–water partition coefficient (Wildman–Crippen LogP) is 1.93. The van der Waals surface area contributed by atoms with Crippen LogP contribution >= 0.6 is 11.8 Å². The van der Waals surface area contributed by atoms with Gasteiger partial charge in [0.15, 0.2) is 0 Å². The smallest absolute Gasteiger partial charge is 0.123 e. The maximum atomic E-state index is 5.52. The standard InChI is InChI=1S/C10H14N2OS/c11-10-2-1-9(7-12-10)14-8-3-5-13-6-4-8/h1-2,7-8H,3-6H2,(H2,11,12). The highest BCUT2D eigenvalue weighted by Gasteiger charge is 2.14. The molecule has 1 aliphatic heterocycles. The number of hydrogen-bond acceptors (Lipinski definition) is 4. The minimum Gasteiger partial charge on any atom is -0.384 e. The second kappa shape index (κ2) is 4.66. The molecule has 0 saturated carbocycles. The van der Waals surface area contributed by atoms with Crippen molar-refractivity contribution in [2.24, 2.45) is 0 Å². The molecule has 0 bridgehead atoms. The molecular weight excluding hydrogens is 196 g/mol. The molecule has 1 fully saturated rings. The summed E-state index contributed by atoms with van der Waals surface area (Å²) >= 11 is 1.88. The molecule has 1 saturated heterocycles. The topological polar surface area (TPSA) is 48.1 Å². The van der Waals surface area contributed by atoms with E-state index in [4.69, 9.17) is 10.5 Å². The molecule has 4 heteroatoms. The van der Waals surface area contributed by atoms with Crippen LogP contribution in [0.5, 0.6) is 0 Å². The van der Waals surface area contributed by atoms with E-state index in [1.807, 2.05) is 30.1 Å². The molecule has 2 rings (SSSR count). The van der Waals surface area contributed by atoms with Gasteiger partial charge in [0.2, 0.25) is 0 Å². The lowest BCUT2D eigenvalue weighted by Gasteiger charge is -2.21. The molecule has 0 aromatic carbocycles. The molecule has 0 radical (unpaired) electrons. The van der Waals surface area contributed by atoms with Gasteiger partial charge in [0.25, 0.3) is 0 Å². The Morgan fingerprint density at radius 1 is 1.36 bits per heavy atom. The van der Waals surface area contributed by atoms with Gasteiger partial charge in [-0.15, -0.1) is 11.8 Å². The summed E-state index contributed by atoms with van der Waals surface area (Å²) in [7, 11) is 0. The van der Waals surface area contributed by atoms with Crippen LogP contribution in [-0.2, 0) is 4.74 Å². The summed E-state index contributed by atoms with van der Waals surface area (Å²) in [4.78, 5) is 5.27. The van der Waals surface area contributed by atoms with Crippen LogP contribution in [0.15, 0.2) is 23.2 Å². The van der Waals surface area contributed by atoms with Crippen molar-refractivity contribution in [3.05, 3.63) is 18.3 Å². The van der Waals surface area contributed by atoms with Crippen molar-refractivity contribution in [2.45, 2.75) is 23.0 Å². The molecular formula is C10H14N2OS. The Morgan fingerprint density at radius 2 is 2.14 bits per heavy atom. The number of nitrogen functional groups attached to an aromatic ring is 1. The van der Waals surface area contributed by atoms with E-state index in [1.54, 1.807) is 0 Å². The number of anilines is 1. The van der Waals surface area contributed by atoms with Gasteiger partial charge in [-0.3, -0.25) is 0 Å². The van der Waals surface area contributed by atoms with Crippen LogP contribution in [0.2, 0.25) is 0 Å². The third-order valence-corrected chi connectivity index (χ3v) is 3.55. The molecule has 0 spiro atoms. The minimum absolute atomic E-state index is 0.585. The van der Waals surface area contributed by atoms with Gasteiger partial charge in [-0.2, -0.15) is 0 Å². The van der Waals surface area contributed by atoms with Crippen molar-refractivity contribution >= 4 is 17.6 Å². The van der Waals surface area contributed by atoms with Crippen LogP contribution in [0.4, 0.5) is 5.82 Å². The van der Waals surface area contributed by atoms with Crippen molar-refractivity contribution in [1.29, 1.82) is 0 Å². The fourth-order valence-corrected chi connectivity index (χ4v) is 2.52. The Bertz CT molecular complexity index is 283. The predicted molar refractivity (Wildman–Crippen MR) is 58.3 cm³/mol. The summed E-state index contributed by atoms with van der Waals surface area (Å²) in [5, 5.41) is 0.675. The molecule has 2 heterocycles. The average molecular weight is 210 g/mol. The lowest BCUT2D eigenvalue weighted by molar-refractivity contribution is 0.100. The van der Waals surface area contributed by atoms with E-state index in [9.17, 15) is 0 Å². The van der Waals surface area contributed by atoms with Gasteiger partial charge in [-0.1, -0.05) is 0 Å². The number of rotatable bonds is 2. The number of nitrogens with zero attached hydrogens (tertiary/aromatic N) is 1. The molecule has 0 aliphatic carbocycles. The molecule has 1 aliphatic rings. The fraction of sp³-hybridized carbons (Fsp3) is 0.500. The number of pyridine rings is 1. The largest absolute Gasteiger partial charge is 0.384 e. The first-order valence-electron chi connectivity index (χ1n) is 4.80. The van der Waals surface area contributed by atoms with Crippen LogP contribution in [0.3, 0.4) is 0 Å². The van der Waals surface area contributed by atoms with E-state index in [1.165, 1.54) is 4.90 Å². The van der Waals surface area contributed by atoms with Crippen LogP contribution in [0, 0.1) is 0 Å². The SMILES string of the molecule is Nc1ccc(SC2CCOCC2)cn1. The lowest BCUT2D eigenvalue weighted by atomic mass is 10.2. The first-order valence-corrected chi connectivity index (χ1v) is 5.68. The second-order valence-corrected chi connectivity index (χ2v) is 4.72. The van der Waals surface area contributed by atoms with Crippen LogP contribution in [-0.4, -0.2) is 23.4 Å². The van der Waals surface area contributed by atoms with E-state index in [0.717, 1.165) is 26.1 Å². The zero-order valence-electron chi connectivity index (χ0n) is 7.98.